The molecule has 2 aliphatic heterocycles. The lowest BCUT2D eigenvalue weighted by Crippen LogP contribution is -2.39. The number of ether oxygens (including phenoxy) is 2. The zero-order valence-corrected chi connectivity index (χ0v) is 23.0. The van der Waals surface area contributed by atoms with Crippen LogP contribution in [0, 0.1) is 32.1 Å². The number of hydrogen-bond donors (Lipinski definition) is 0. The normalized spacial score (nSPS) is 16.3. The average molecular weight is 569 g/mol. The smallest absolute Gasteiger partial charge is 0.410 e. The van der Waals surface area contributed by atoms with Crippen molar-refractivity contribution in [2.75, 3.05) is 26.2 Å². The Morgan fingerprint density at radius 1 is 0.683 bits per heavy atom. The molecule has 2 aliphatic rings. The van der Waals surface area contributed by atoms with Crippen LogP contribution in [0.5, 0.6) is 0 Å². The van der Waals surface area contributed by atoms with Gasteiger partial charge in [0.1, 0.15) is 13.2 Å². The Bertz CT molecular complexity index is 1130. The summed E-state index contributed by atoms with van der Waals surface area (Å²) in [6.07, 6.45) is 6.04. The number of benzene rings is 2. The molecule has 2 aromatic carbocycles. The number of nitro benzene ring substituents is 2. The molecule has 0 aliphatic carbocycles. The third kappa shape index (κ3) is 8.38. The Morgan fingerprint density at radius 3 is 1.41 bits per heavy atom. The van der Waals surface area contributed by atoms with Crippen LogP contribution in [0.1, 0.15) is 56.1 Å². The van der Waals surface area contributed by atoms with Crippen LogP contribution in [-0.2, 0) is 22.7 Å². The second-order valence-corrected chi connectivity index (χ2v) is 10.7. The van der Waals surface area contributed by atoms with E-state index < -0.39 is 22.0 Å². The summed E-state index contributed by atoms with van der Waals surface area (Å²) < 4.78 is 10.7. The first-order valence-electron chi connectivity index (χ1n) is 14.1. The zero-order chi connectivity index (χ0) is 29.2. The first-order valence-corrected chi connectivity index (χ1v) is 14.1. The van der Waals surface area contributed by atoms with Gasteiger partial charge < -0.3 is 19.3 Å². The maximum Gasteiger partial charge on any atom is 0.410 e. The Hall–Kier alpha value is -4.22. The summed E-state index contributed by atoms with van der Waals surface area (Å²) >= 11 is 0. The molecule has 0 aromatic heterocycles. The van der Waals surface area contributed by atoms with Crippen LogP contribution in [0.4, 0.5) is 21.0 Å². The molecule has 2 amide bonds. The highest BCUT2D eigenvalue weighted by Gasteiger charge is 2.27. The van der Waals surface area contributed by atoms with Gasteiger partial charge in [0.25, 0.3) is 11.4 Å². The quantitative estimate of drug-likeness (QED) is 0.248. The fraction of sp³-hybridized carbons (Fsp3) is 0.517. The second-order valence-electron chi connectivity index (χ2n) is 10.7. The number of hydrogen-bond acceptors (Lipinski definition) is 8. The molecule has 0 radical (unpaired) electrons. The first-order chi connectivity index (χ1) is 19.8. The van der Waals surface area contributed by atoms with E-state index in [4.69, 9.17) is 9.47 Å². The van der Waals surface area contributed by atoms with Gasteiger partial charge in [-0.1, -0.05) is 43.5 Å². The minimum Gasteiger partial charge on any atom is -0.444 e. The molecular weight excluding hydrogens is 532 g/mol. The van der Waals surface area contributed by atoms with E-state index in [1.165, 1.54) is 12.1 Å². The molecule has 4 rings (SSSR count). The highest BCUT2D eigenvalue weighted by atomic mass is 16.6. The van der Waals surface area contributed by atoms with Crippen molar-refractivity contribution in [3.8, 4) is 0 Å². The molecule has 220 valence electrons. The van der Waals surface area contributed by atoms with E-state index in [-0.39, 0.29) is 24.6 Å². The molecule has 2 fully saturated rings. The first kappa shape index (κ1) is 29.8. The van der Waals surface area contributed by atoms with Gasteiger partial charge >= 0.3 is 12.2 Å². The van der Waals surface area contributed by atoms with Gasteiger partial charge in [0, 0.05) is 38.3 Å². The van der Waals surface area contributed by atoms with Crippen molar-refractivity contribution in [1.82, 2.24) is 9.80 Å². The van der Waals surface area contributed by atoms with E-state index in [9.17, 15) is 29.8 Å². The minimum absolute atomic E-state index is 0.0547. The molecule has 0 atom stereocenters. The number of likely N-dealkylation sites (tertiary alicyclic amines) is 2. The summed E-state index contributed by atoms with van der Waals surface area (Å²) in [6, 6.07) is 12.5. The average Bonchev–Trinajstić information content (AvgIpc) is 2.99. The van der Waals surface area contributed by atoms with Crippen LogP contribution in [0.15, 0.2) is 48.5 Å². The number of carbonyl (C=O) groups is 2. The van der Waals surface area contributed by atoms with E-state index in [1.54, 1.807) is 46.2 Å². The number of rotatable bonds is 10. The second kappa shape index (κ2) is 14.4. The Labute approximate surface area is 238 Å². The lowest BCUT2D eigenvalue weighted by molar-refractivity contribution is -0.386. The molecule has 0 bridgehead atoms. The van der Waals surface area contributed by atoms with Crippen LogP contribution in [0.25, 0.3) is 0 Å². The van der Waals surface area contributed by atoms with E-state index >= 15 is 0 Å². The van der Waals surface area contributed by atoms with Crippen molar-refractivity contribution in [1.29, 1.82) is 0 Å². The van der Waals surface area contributed by atoms with Crippen molar-refractivity contribution in [3.63, 3.8) is 0 Å². The van der Waals surface area contributed by atoms with Crippen LogP contribution < -0.4 is 0 Å². The number of amides is 2. The van der Waals surface area contributed by atoms with Crippen molar-refractivity contribution in [2.45, 2.75) is 58.2 Å². The minimum atomic E-state index is -0.476. The summed E-state index contributed by atoms with van der Waals surface area (Å²) in [7, 11) is 0. The van der Waals surface area contributed by atoms with Crippen molar-refractivity contribution in [3.05, 3.63) is 79.9 Å². The van der Waals surface area contributed by atoms with Gasteiger partial charge in [0.15, 0.2) is 0 Å². The van der Waals surface area contributed by atoms with Crippen molar-refractivity contribution in [2.24, 2.45) is 11.8 Å². The highest BCUT2D eigenvalue weighted by Crippen LogP contribution is 2.28. The molecule has 12 heteroatoms. The standard InChI is InChI=1S/C29H36N4O8/c34-28(40-20-24-8-1-3-10-26(24)32(36)37)30-16-12-22(13-17-30)6-5-7-23-14-18-31(19-15-23)29(35)41-21-25-9-2-4-11-27(25)33(38)39/h1-4,8-11,22-23H,5-7,12-21H2. The summed E-state index contributed by atoms with van der Waals surface area (Å²) in [5.41, 5.74) is 0.644. The van der Waals surface area contributed by atoms with Gasteiger partial charge in [-0.2, -0.15) is 0 Å². The summed E-state index contributed by atoms with van der Waals surface area (Å²) in [6.45, 7) is 2.23. The fourth-order valence-electron chi connectivity index (χ4n) is 5.59. The predicted molar refractivity (Wildman–Crippen MR) is 149 cm³/mol. The third-order valence-electron chi connectivity index (χ3n) is 8.05. The van der Waals surface area contributed by atoms with E-state index in [0.717, 1.165) is 44.9 Å². The number of piperidine rings is 2. The van der Waals surface area contributed by atoms with Crippen LogP contribution >= 0.6 is 0 Å². The van der Waals surface area contributed by atoms with Gasteiger partial charge in [-0.3, -0.25) is 20.2 Å². The summed E-state index contributed by atoms with van der Waals surface area (Å²) in [5, 5.41) is 22.3. The van der Waals surface area contributed by atoms with Crippen molar-refractivity contribution >= 4 is 23.6 Å². The summed E-state index contributed by atoms with van der Waals surface area (Å²) in [4.78, 5) is 49.7. The maximum absolute atomic E-state index is 12.5. The van der Waals surface area contributed by atoms with Crippen LogP contribution in [0.2, 0.25) is 0 Å². The molecule has 0 spiro atoms. The van der Waals surface area contributed by atoms with Gasteiger partial charge in [0.2, 0.25) is 0 Å². The van der Waals surface area contributed by atoms with Crippen molar-refractivity contribution < 1.29 is 28.9 Å². The number of carbonyl (C=O) groups excluding carboxylic acids is 2. The number of nitro groups is 2. The SMILES string of the molecule is O=C(OCc1ccccc1[N+](=O)[O-])N1CCC(CCCC2CCN(C(=O)OCc3ccccc3[N+](=O)[O-])CC2)CC1. The van der Waals surface area contributed by atoms with Gasteiger partial charge in [-0.15, -0.1) is 0 Å². The Balaban J connectivity index is 1.09. The lowest BCUT2D eigenvalue weighted by atomic mass is 9.87. The van der Waals surface area contributed by atoms with Crippen LogP contribution in [-0.4, -0.2) is 58.0 Å². The van der Waals surface area contributed by atoms with Gasteiger partial charge in [-0.25, -0.2) is 9.59 Å². The molecule has 2 heterocycles. The van der Waals surface area contributed by atoms with Gasteiger partial charge in [0.05, 0.1) is 21.0 Å². The third-order valence-corrected chi connectivity index (χ3v) is 8.05. The molecule has 0 N–H and O–H groups in total. The number of nitrogens with zero attached hydrogens (tertiary/aromatic N) is 4. The Morgan fingerprint density at radius 2 is 1.05 bits per heavy atom. The molecule has 41 heavy (non-hydrogen) atoms. The monoisotopic (exact) mass is 568 g/mol. The van der Waals surface area contributed by atoms with E-state index in [2.05, 4.69) is 0 Å². The number of para-hydroxylation sites is 2. The van der Waals surface area contributed by atoms with Gasteiger partial charge in [-0.05, 0) is 49.7 Å². The van der Waals surface area contributed by atoms with E-state index in [1.807, 2.05) is 0 Å². The zero-order valence-electron chi connectivity index (χ0n) is 23.0. The summed E-state index contributed by atoms with van der Waals surface area (Å²) in [5.74, 6) is 1.10. The maximum atomic E-state index is 12.5. The molecule has 0 saturated carbocycles. The molecular formula is C29H36N4O8. The molecule has 0 unspecified atom stereocenters. The highest BCUT2D eigenvalue weighted by molar-refractivity contribution is 5.68. The Kier molecular flexibility index (Phi) is 10.5. The van der Waals surface area contributed by atoms with E-state index in [0.29, 0.717) is 49.1 Å². The fourth-order valence-corrected chi connectivity index (χ4v) is 5.59. The topological polar surface area (TPSA) is 145 Å². The predicted octanol–water partition coefficient (Wildman–Crippen LogP) is 6.07. The molecule has 2 saturated heterocycles. The lowest BCUT2D eigenvalue weighted by Gasteiger charge is -2.33. The van der Waals surface area contributed by atoms with Crippen LogP contribution in [0.3, 0.4) is 0 Å². The molecule has 2 aromatic rings. The molecule has 12 nitrogen and oxygen atoms in total. The largest absolute Gasteiger partial charge is 0.444 e.